The highest BCUT2D eigenvalue weighted by atomic mass is 16.7. The van der Waals surface area contributed by atoms with Crippen LogP contribution in [0, 0.1) is 6.92 Å². The molecule has 3 aromatic rings. The van der Waals surface area contributed by atoms with E-state index in [4.69, 9.17) is 14.2 Å². The van der Waals surface area contributed by atoms with Gasteiger partial charge in [-0.1, -0.05) is 24.3 Å². The lowest BCUT2D eigenvalue weighted by atomic mass is 9.94. The van der Waals surface area contributed by atoms with E-state index in [9.17, 15) is 9.59 Å². The fourth-order valence-electron chi connectivity index (χ4n) is 4.40. The van der Waals surface area contributed by atoms with Crippen LogP contribution in [-0.4, -0.2) is 38.9 Å². The molecule has 35 heavy (non-hydrogen) atoms. The van der Waals surface area contributed by atoms with Crippen molar-refractivity contribution in [3.05, 3.63) is 77.4 Å². The molecule has 2 amide bonds. The van der Waals surface area contributed by atoms with Gasteiger partial charge >= 0.3 is 0 Å². The van der Waals surface area contributed by atoms with Gasteiger partial charge in [-0.3, -0.25) is 9.59 Å². The average Bonchev–Trinajstić information content (AvgIpc) is 3.56. The Labute approximate surface area is 204 Å². The number of rotatable bonds is 8. The molecular formula is C28H28N2O5. The van der Waals surface area contributed by atoms with Crippen LogP contribution >= 0.6 is 0 Å². The molecule has 1 fully saturated rings. The Balaban J connectivity index is 1.31. The Hall–Kier alpha value is -3.84. The number of benzene rings is 3. The summed E-state index contributed by atoms with van der Waals surface area (Å²) in [5.41, 5.74) is 4.80. The van der Waals surface area contributed by atoms with Crippen molar-refractivity contribution < 1.29 is 23.8 Å². The van der Waals surface area contributed by atoms with Crippen LogP contribution in [0.5, 0.6) is 11.5 Å². The van der Waals surface area contributed by atoms with Crippen LogP contribution in [0.25, 0.3) is 11.1 Å². The molecule has 0 bridgehead atoms. The molecule has 0 saturated heterocycles. The molecule has 1 heterocycles. The third-order valence-electron chi connectivity index (χ3n) is 6.66. The summed E-state index contributed by atoms with van der Waals surface area (Å²) >= 11 is 0. The van der Waals surface area contributed by atoms with Gasteiger partial charge in [0, 0.05) is 24.9 Å². The number of hydrogen-bond acceptors (Lipinski definition) is 5. The lowest BCUT2D eigenvalue weighted by Crippen LogP contribution is -2.27. The highest BCUT2D eigenvalue weighted by molar-refractivity contribution is 6.02. The third kappa shape index (κ3) is 4.59. The van der Waals surface area contributed by atoms with E-state index in [0.29, 0.717) is 30.2 Å². The van der Waals surface area contributed by atoms with Crippen LogP contribution in [0.1, 0.15) is 34.3 Å². The summed E-state index contributed by atoms with van der Waals surface area (Å²) in [7, 11) is 1.60. The Bertz CT molecular complexity index is 1260. The van der Waals surface area contributed by atoms with Crippen LogP contribution in [0.15, 0.2) is 60.7 Å². The molecule has 0 atom stereocenters. The van der Waals surface area contributed by atoms with E-state index in [1.54, 1.807) is 19.2 Å². The van der Waals surface area contributed by atoms with Gasteiger partial charge in [0.25, 0.3) is 5.91 Å². The summed E-state index contributed by atoms with van der Waals surface area (Å²) in [6.45, 7) is 3.17. The first kappa shape index (κ1) is 22.9. The van der Waals surface area contributed by atoms with Gasteiger partial charge in [0.2, 0.25) is 12.7 Å². The molecule has 7 nitrogen and oxygen atoms in total. The highest BCUT2D eigenvalue weighted by Gasteiger charge is 2.51. The summed E-state index contributed by atoms with van der Waals surface area (Å²) in [5.74, 6) is 1.25. The molecule has 0 spiro atoms. The zero-order valence-corrected chi connectivity index (χ0v) is 19.9. The fraction of sp³-hybridized carbons (Fsp3) is 0.286. The van der Waals surface area contributed by atoms with E-state index in [2.05, 4.69) is 10.6 Å². The van der Waals surface area contributed by atoms with Crippen LogP contribution in [-0.2, 0) is 14.9 Å². The predicted octanol–water partition coefficient (Wildman–Crippen LogP) is 4.44. The van der Waals surface area contributed by atoms with Crippen molar-refractivity contribution in [3.63, 3.8) is 0 Å². The van der Waals surface area contributed by atoms with E-state index >= 15 is 0 Å². The number of methoxy groups -OCH3 is 1. The maximum absolute atomic E-state index is 13.3. The second kappa shape index (κ2) is 9.43. The molecule has 2 N–H and O–H groups in total. The van der Waals surface area contributed by atoms with Crippen molar-refractivity contribution in [3.8, 4) is 22.6 Å². The molecule has 1 aliphatic carbocycles. The minimum atomic E-state index is -0.538. The van der Waals surface area contributed by atoms with Gasteiger partial charge in [-0.2, -0.15) is 0 Å². The summed E-state index contributed by atoms with van der Waals surface area (Å²) in [6.07, 6.45) is 1.59. The average molecular weight is 473 g/mol. The molecule has 0 aromatic heterocycles. The van der Waals surface area contributed by atoms with Gasteiger partial charge in [-0.15, -0.1) is 0 Å². The molecule has 5 rings (SSSR count). The summed E-state index contributed by atoms with van der Waals surface area (Å²) in [6, 6.07) is 19.1. The Morgan fingerprint density at radius 2 is 1.74 bits per heavy atom. The lowest BCUT2D eigenvalue weighted by molar-refractivity contribution is -0.118. The number of anilines is 1. The quantitative estimate of drug-likeness (QED) is 0.474. The zero-order valence-electron chi connectivity index (χ0n) is 19.9. The van der Waals surface area contributed by atoms with Crippen LogP contribution in [0.4, 0.5) is 5.69 Å². The van der Waals surface area contributed by atoms with E-state index < -0.39 is 5.41 Å². The van der Waals surface area contributed by atoms with E-state index in [1.165, 1.54) is 0 Å². The number of fused-ring (bicyclic) bond motifs is 1. The maximum atomic E-state index is 13.3. The number of ether oxygens (including phenoxy) is 3. The van der Waals surface area contributed by atoms with Crippen LogP contribution < -0.4 is 20.1 Å². The number of carbonyl (C=O) groups is 2. The van der Waals surface area contributed by atoms with Crippen molar-refractivity contribution >= 4 is 17.5 Å². The fourth-order valence-corrected chi connectivity index (χ4v) is 4.40. The van der Waals surface area contributed by atoms with Crippen molar-refractivity contribution in [1.29, 1.82) is 0 Å². The minimum absolute atomic E-state index is 0.0192. The number of hydrogen-bond donors (Lipinski definition) is 2. The lowest BCUT2D eigenvalue weighted by Gasteiger charge is -2.17. The van der Waals surface area contributed by atoms with Gasteiger partial charge in [-0.25, -0.2) is 0 Å². The van der Waals surface area contributed by atoms with Crippen molar-refractivity contribution in [2.75, 3.05) is 32.4 Å². The number of nitrogens with one attached hydrogen (secondary N) is 2. The first-order chi connectivity index (χ1) is 17.0. The first-order valence-corrected chi connectivity index (χ1v) is 11.7. The van der Waals surface area contributed by atoms with E-state index in [0.717, 1.165) is 40.8 Å². The van der Waals surface area contributed by atoms with Gasteiger partial charge in [-0.05, 0) is 78.4 Å². The molecule has 2 aliphatic rings. The highest BCUT2D eigenvalue weighted by Crippen LogP contribution is 2.51. The molecule has 3 aromatic carbocycles. The smallest absolute Gasteiger partial charge is 0.251 e. The topological polar surface area (TPSA) is 85.9 Å². The van der Waals surface area contributed by atoms with Crippen molar-refractivity contribution in [2.45, 2.75) is 25.2 Å². The molecule has 0 unspecified atom stereocenters. The normalized spacial score (nSPS) is 14.9. The molecule has 7 heteroatoms. The summed E-state index contributed by atoms with van der Waals surface area (Å²) < 4.78 is 15.9. The minimum Gasteiger partial charge on any atom is -0.454 e. The summed E-state index contributed by atoms with van der Waals surface area (Å²) in [5, 5.41) is 5.94. The second-order valence-electron chi connectivity index (χ2n) is 8.96. The van der Waals surface area contributed by atoms with Crippen LogP contribution in [0.3, 0.4) is 0 Å². The Kier molecular flexibility index (Phi) is 6.17. The Morgan fingerprint density at radius 3 is 2.49 bits per heavy atom. The SMILES string of the molecule is COCCNC(=O)c1ccc(-c2cc(NC(=O)C3(c4ccc5c(c4)OCO5)CC3)ccc2C)cc1. The van der Waals surface area contributed by atoms with Gasteiger partial charge in [0.1, 0.15) is 0 Å². The zero-order chi connectivity index (χ0) is 24.4. The third-order valence-corrected chi connectivity index (χ3v) is 6.66. The molecule has 180 valence electrons. The Morgan fingerprint density at radius 1 is 0.971 bits per heavy atom. The van der Waals surface area contributed by atoms with Crippen molar-refractivity contribution in [1.82, 2.24) is 5.32 Å². The monoisotopic (exact) mass is 472 g/mol. The molecule has 0 radical (unpaired) electrons. The number of amides is 2. The van der Waals surface area contributed by atoms with Gasteiger partial charge < -0.3 is 24.8 Å². The second-order valence-corrected chi connectivity index (χ2v) is 8.96. The predicted molar refractivity (Wildman–Crippen MR) is 133 cm³/mol. The summed E-state index contributed by atoms with van der Waals surface area (Å²) in [4.78, 5) is 25.6. The van der Waals surface area contributed by atoms with E-state index in [1.807, 2.05) is 55.5 Å². The maximum Gasteiger partial charge on any atom is 0.251 e. The molecular weight excluding hydrogens is 444 g/mol. The molecule has 1 saturated carbocycles. The van der Waals surface area contributed by atoms with Crippen LogP contribution in [0.2, 0.25) is 0 Å². The van der Waals surface area contributed by atoms with Gasteiger partial charge in [0.15, 0.2) is 11.5 Å². The van der Waals surface area contributed by atoms with Crippen molar-refractivity contribution in [2.24, 2.45) is 0 Å². The first-order valence-electron chi connectivity index (χ1n) is 11.7. The molecule has 1 aliphatic heterocycles. The number of aryl methyl sites for hydroxylation is 1. The largest absolute Gasteiger partial charge is 0.454 e. The van der Waals surface area contributed by atoms with Gasteiger partial charge in [0.05, 0.1) is 12.0 Å². The van der Waals surface area contributed by atoms with E-state index in [-0.39, 0.29) is 18.6 Å². The number of carbonyl (C=O) groups excluding carboxylic acids is 2. The standard InChI is InChI=1S/C28H28N2O5/c1-18-3-9-22(16-23(18)19-4-6-20(7-5-19)26(31)29-13-14-33-2)30-27(32)28(11-12-28)21-8-10-24-25(15-21)35-17-34-24/h3-10,15-16H,11-14,17H2,1-2H3,(H,29,31)(H,30,32).